The Labute approximate surface area is 209 Å². The van der Waals surface area contributed by atoms with Gasteiger partial charge >= 0.3 is 10.4 Å². The average Bonchev–Trinajstić information content (AvgIpc) is 3.10. The Morgan fingerprint density at radius 1 is 1.09 bits per heavy atom. The SMILES string of the molecule is CC[C@H](/C=C/[C@@H](C)[C@H]1CC[C@H]2[C@@H]3CC=C4C[C@@H](OS(=O)(=O)O)CC[C@]4(C)[C@H]3CC[C@]12C)C(C)C. The minimum atomic E-state index is -4.39. The predicted octanol–water partition coefficient (Wildman–Crippen LogP) is 7.63. The molecule has 4 nitrogen and oxygen atoms in total. The maximum atomic E-state index is 11.3. The Morgan fingerprint density at radius 3 is 2.47 bits per heavy atom. The van der Waals surface area contributed by atoms with Gasteiger partial charge in [0.25, 0.3) is 0 Å². The van der Waals surface area contributed by atoms with Gasteiger partial charge in [-0.25, -0.2) is 4.18 Å². The molecule has 0 aliphatic heterocycles. The van der Waals surface area contributed by atoms with Gasteiger partial charge < -0.3 is 0 Å². The first-order valence-electron chi connectivity index (χ1n) is 13.9. The van der Waals surface area contributed by atoms with Gasteiger partial charge in [-0.05, 0) is 110 Å². The van der Waals surface area contributed by atoms with E-state index in [4.69, 9.17) is 8.74 Å². The Morgan fingerprint density at radius 2 is 1.82 bits per heavy atom. The smallest absolute Gasteiger partial charge is 0.264 e. The zero-order chi connectivity index (χ0) is 24.9. The van der Waals surface area contributed by atoms with E-state index >= 15 is 0 Å². The summed E-state index contributed by atoms with van der Waals surface area (Å²) >= 11 is 0. The molecular weight excluding hydrogens is 444 g/mol. The molecule has 194 valence electrons. The van der Waals surface area contributed by atoms with E-state index in [9.17, 15) is 8.42 Å². The van der Waals surface area contributed by atoms with E-state index in [2.05, 4.69) is 59.8 Å². The molecule has 0 heterocycles. The summed E-state index contributed by atoms with van der Waals surface area (Å²) in [5, 5.41) is 0. The zero-order valence-electron chi connectivity index (χ0n) is 22.3. The molecule has 4 aliphatic rings. The summed E-state index contributed by atoms with van der Waals surface area (Å²) in [5.41, 5.74) is 1.96. The second-order valence-corrected chi connectivity index (χ2v) is 14.0. The van der Waals surface area contributed by atoms with E-state index in [1.165, 1.54) is 37.7 Å². The molecule has 4 rings (SSSR count). The van der Waals surface area contributed by atoms with Crippen molar-refractivity contribution in [3.63, 3.8) is 0 Å². The monoisotopic (exact) mass is 492 g/mol. The van der Waals surface area contributed by atoms with Gasteiger partial charge in [0, 0.05) is 0 Å². The first-order valence-corrected chi connectivity index (χ1v) is 15.3. The molecule has 0 amide bonds. The lowest BCUT2D eigenvalue weighted by Crippen LogP contribution is -2.51. The molecule has 0 spiro atoms. The number of hydrogen-bond donors (Lipinski definition) is 1. The third-order valence-corrected chi connectivity index (χ3v) is 11.5. The van der Waals surface area contributed by atoms with Crippen LogP contribution in [0.4, 0.5) is 0 Å². The fourth-order valence-electron chi connectivity index (χ4n) is 9.07. The van der Waals surface area contributed by atoms with Crippen LogP contribution in [-0.4, -0.2) is 19.1 Å². The van der Waals surface area contributed by atoms with Crippen LogP contribution in [0.5, 0.6) is 0 Å². The van der Waals surface area contributed by atoms with Crippen LogP contribution < -0.4 is 0 Å². The number of fused-ring (bicyclic) bond motifs is 5. The molecule has 3 saturated carbocycles. The fourth-order valence-corrected chi connectivity index (χ4v) is 9.58. The summed E-state index contributed by atoms with van der Waals surface area (Å²) in [6.07, 6.45) is 17.0. The van der Waals surface area contributed by atoms with Crippen molar-refractivity contribution >= 4 is 10.4 Å². The third kappa shape index (κ3) is 4.83. The lowest BCUT2D eigenvalue weighted by atomic mass is 9.47. The molecule has 0 radical (unpaired) electrons. The zero-order valence-corrected chi connectivity index (χ0v) is 23.1. The van der Waals surface area contributed by atoms with Crippen LogP contribution in [0.25, 0.3) is 0 Å². The highest BCUT2D eigenvalue weighted by molar-refractivity contribution is 7.80. The lowest BCUT2D eigenvalue weighted by Gasteiger charge is -2.58. The van der Waals surface area contributed by atoms with Gasteiger partial charge in [0.05, 0.1) is 6.10 Å². The van der Waals surface area contributed by atoms with E-state index in [0.717, 1.165) is 30.6 Å². The van der Waals surface area contributed by atoms with Crippen LogP contribution in [0.2, 0.25) is 0 Å². The Hall–Kier alpha value is -0.650. The van der Waals surface area contributed by atoms with Gasteiger partial charge in [-0.1, -0.05) is 65.3 Å². The highest BCUT2D eigenvalue weighted by atomic mass is 32.3. The van der Waals surface area contributed by atoms with Crippen molar-refractivity contribution in [2.45, 2.75) is 105 Å². The van der Waals surface area contributed by atoms with Crippen molar-refractivity contribution in [1.82, 2.24) is 0 Å². The molecule has 0 unspecified atom stereocenters. The highest BCUT2D eigenvalue weighted by Crippen LogP contribution is 2.67. The van der Waals surface area contributed by atoms with Crippen molar-refractivity contribution in [3.05, 3.63) is 23.8 Å². The molecule has 9 atom stereocenters. The van der Waals surface area contributed by atoms with Crippen LogP contribution in [-0.2, 0) is 14.6 Å². The molecule has 0 aromatic carbocycles. The Kier molecular flexibility index (Phi) is 7.51. The van der Waals surface area contributed by atoms with E-state index in [1.54, 1.807) is 0 Å². The molecule has 5 heteroatoms. The van der Waals surface area contributed by atoms with Crippen LogP contribution in [0.1, 0.15) is 99.3 Å². The molecule has 1 N–H and O–H groups in total. The number of allylic oxidation sites excluding steroid dienone is 3. The quantitative estimate of drug-likeness (QED) is 0.293. The Balaban J connectivity index is 1.50. The van der Waals surface area contributed by atoms with Gasteiger partial charge in [-0.3, -0.25) is 4.55 Å². The van der Waals surface area contributed by atoms with Crippen molar-refractivity contribution in [3.8, 4) is 0 Å². The van der Waals surface area contributed by atoms with Gasteiger partial charge in [-0.15, -0.1) is 0 Å². The first kappa shape index (κ1) is 26.4. The summed E-state index contributed by atoms with van der Waals surface area (Å²) in [5.74, 6) is 5.02. The first-order chi connectivity index (χ1) is 15.9. The van der Waals surface area contributed by atoms with Crippen LogP contribution in [0.3, 0.4) is 0 Å². The largest absolute Gasteiger partial charge is 0.397 e. The van der Waals surface area contributed by atoms with E-state index < -0.39 is 16.5 Å². The van der Waals surface area contributed by atoms with E-state index in [-0.39, 0.29) is 5.41 Å². The Bertz CT molecular complexity index is 905. The lowest BCUT2D eigenvalue weighted by molar-refractivity contribution is -0.0527. The van der Waals surface area contributed by atoms with Crippen molar-refractivity contribution in [2.75, 3.05) is 0 Å². The average molecular weight is 493 g/mol. The number of hydrogen-bond acceptors (Lipinski definition) is 3. The van der Waals surface area contributed by atoms with E-state index in [1.807, 2.05) is 0 Å². The van der Waals surface area contributed by atoms with Crippen LogP contribution in [0, 0.1) is 52.3 Å². The topological polar surface area (TPSA) is 63.6 Å². The molecule has 3 fully saturated rings. The maximum absolute atomic E-state index is 11.3. The maximum Gasteiger partial charge on any atom is 0.397 e. The molecule has 0 bridgehead atoms. The second kappa shape index (κ2) is 9.67. The summed E-state index contributed by atoms with van der Waals surface area (Å²) in [7, 11) is -4.39. The fraction of sp³-hybridized carbons (Fsp3) is 0.862. The van der Waals surface area contributed by atoms with Gasteiger partial charge in [0.2, 0.25) is 0 Å². The van der Waals surface area contributed by atoms with Gasteiger partial charge in [0.1, 0.15) is 0 Å². The minimum Gasteiger partial charge on any atom is -0.264 e. The van der Waals surface area contributed by atoms with Gasteiger partial charge in [0.15, 0.2) is 0 Å². The van der Waals surface area contributed by atoms with Crippen LogP contribution >= 0.6 is 0 Å². The molecule has 0 aromatic heterocycles. The summed E-state index contributed by atoms with van der Waals surface area (Å²) < 4.78 is 36.6. The molecule has 0 saturated heterocycles. The summed E-state index contributed by atoms with van der Waals surface area (Å²) in [4.78, 5) is 0. The summed E-state index contributed by atoms with van der Waals surface area (Å²) in [6, 6.07) is 0. The highest BCUT2D eigenvalue weighted by Gasteiger charge is 2.59. The minimum absolute atomic E-state index is 0.151. The van der Waals surface area contributed by atoms with E-state index in [0.29, 0.717) is 41.9 Å². The number of rotatable bonds is 7. The standard InChI is InChI=1S/C29H48O4S/c1-7-21(19(2)3)9-8-20(4)25-12-13-26-24-11-10-22-18-23(33-34(30,31)32)14-16-28(22,5)27(24)15-17-29(25,26)6/h8-10,19-21,23-27H,7,11-18H2,1-6H3,(H,30,31,32)/b9-8+/t20-,21-,23+,24+,25-,26+,27+,28+,29-/m1/s1. The molecule has 34 heavy (non-hydrogen) atoms. The van der Waals surface area contributed by atoms with Crippen molar-refractivity contribution in [1.29, 1.82) is 0 Å². The molecule has 0 aromatic rings. The molecule has 4 aliphatic carbocycles. The third-order valence-electron chi connectivity index (χ3n) is 11.0. The summed E-state index contributed by atoms with van der Waals surface area (Å²) in [6.45, 7) is 14.5. The van der Waals surface area contributed by atoms with Gasteiger partial charge in [-0.2, -0.15) is 8.42 Å². The normalized spacial score (nSPS) is 42.1. The second-order valence-electron chi connectivity index (χ2n) is 12.9. The predicted molar refractivity (Wildman–Crippen MR) is 139 cm³/mol. The van der Waals surface area contributed by atoms with Crippen molar-refractivity contribution in [2.24, 2.45) is 52.3 Å². The van der Waals surface area contributed by atoms with Crippen molar-refractivity contribution < 1.29 is 17.2 Å². The van der Waals surface area contributed by atoms with Crippen LogP contribution in [0.15, 0.2) is 23.8 Å². The molecular formula is C29H48O4S.